The van der Waals surface area contributed by atoms with E-state index >= 15 is 0 Å². The van der Waals surface area contributed by atoms with Crippen molar-refractivity contribution in [2.45, 2.75) is 32.3 Å². The Morgan fingerprint density at radius 3 is 2.75 bits per heavy atom. The molecule has 0 amide bonds. The molecule has 3 nitrogen and oxygen atoms in total. The Bertz CT molecular complexity index is 436. The van der Waals surface area contributed by atoms with E-state index in [4.69, 9.17) is 4.74 Å². The lowest BCUT2D eigenvalue weighted by atomic mass is 10.0. The predicted octanol–water partition coefficient (Wildman–Crippen LogP) is 2.47. The van der Waals surface area contributed by atoms with E-state index in [-0.39, 0.29) is 0 Å². The Morgan fingerprint density at radius 1 is 1.30 bits per heavy atom. The van der Waals surface area contributed by atoms with E-state index in [0.29, 0.717) is 6.61 Å². The van der Waals surface area contributed by atoms with Crippen molar-refractivity contribution >= 4 is 0 Å². The number of likely N-dealkylation sites (tertiary alicyclic amines) is 1. The minimum Gasteiger partial charge on any atom is -0.491 e. The van der Waals surface area contributed by atoms with Gasteiger partial charge in [-0.1, -0.05) is 18.6 Å². The van der Waals surface area contributed by atoms with E-state index in [1.807, 2.05) is 31.2 Å². The third-order valence-electron chi connectivity index (χ3n) is 4.70. The summed E-state index contributed by atoms with van der Waals surface area (Å²) >= 11 is 0. The van der Waals surface area contributed by atoms with Gasteiger partial charge in [-0.25, -0.2) is 0 Å². The van der Waals surface area contributed by atoms with Crippen LogP contribution in [0.15, 0.2) is 24.3 Å². The summed E-state index contributed by atoms with van der Waals surface area (Å²) in [6.07, 6.45) is 3.78. The Morgan fingerprint density at radius 2 is 2.05 bits per heavy atom. The second-order valence-corrected chi connectivity index (χ2v) is 6.45. The summed E-state index contributed by atoms with van der Waals surface area (Å²) in [4.78, 5) is 2.42. The van der Waals surface area contributed by atoms with Crippen molar-refractivity contribution in [2.75, 3.05) is 26.2 Å². The molecule has 0 aromatic heterocycles. The highest BCUT2D eigenvalue weighted by molar-refractivity contribution is 5.27. The number of fused-ring (bicyclic) bond motifs is 1. The van der Waals surface area contributed by atoms with Crippen molar-refractivity contribution in [3.8, 4) is 5.75 Å². The molecule has 1 heterocycles. The first kappa shape index (κ1) is 13.9. The van der Waals surface area contributed by atoms with Crippen LogP contribution in [-0.4, -0.2) is 42.4 Å². The maximum Gasteiger partial charge on any atom is 0.119 e. The molecule has 0 bridgehead atoms. The summed E-state index contributed by atoms with van der Waals surface area (Å²) < 4.78 is 5.68. The van der Waals surface area contributed by atoms with Gasteiger partial charge in [-0.05, 0) is 49.3 Å². The molecule has 0 spiro atoms. The highest BCUT2D eigenvalue weighted by atomic mass is 16.5. The predicted molar refractivity (Wildman–Crippen MR) is 80.0 cm³/mol. The quantitative estimate of drug-likeness (QED) is 0.896. The lowest BCUT2D eigenvalue weighted by Gasteiger charge is -2.21. The summed E-state index contributed by atoms with van der Waals surface area (Å²) in [5, 5.41) is 10.1. The number of aryl methyl sites for hydroxylation is 1. The van der Waals surface area contributed by atoms with Crippen molar-refractivity contribution in [3.05, 3.63) is 29.8 Å². The minimum absolute atomic E-state index is 0.384. The van der Waals surface area contributed by atoms with Gasteiger partial charge in [-0.15, -0.1) is 0 Å². The second kappa shape index (κ2) is 6.15. The van der Waals surface area contributed by atoms with Crippen LogP contribution in [0, 0.1) is 18.8 Å². The third-order valence-corrected chi connectivity index (χ3v) is 4.70. The van der Waals surface area contributed by atoms with Crippen LogP contribution in [0.25, 0.3) is 0 Å². The summed E-state index contributed by atoms with van der Waals surface area (Å²) in [5.41, 5.74) is 1.18. The largest absolute Gasteiger partial charge is 0.491 e. The first-order valence-electron chi connectivity index (χ1n) is 7.80. The maximum atomic E-state index is 10.1. The van der Waals surface area contributed by atoms with Gasteiger partial charge in [-0.3, -0.25) is 0 Å². The van der Waals surface area contributed by atoms with Crippen LogP contribution in [0.2, 0.25) is 0 Å². The molecular formula is C17H25NO2. The molecule has 3 heteroatoms. The first-order chi connectivity index (χ1) is 9.70. The minimum atomic E-state index is -0.394. The number of ether oxygens (including phenoxy) is 1. The fourth-order valence-electron chi connectivity index (χ4n) is 3.73. The first-order valence-corrected chi connectivity index (χ1v) is 7.80. The Labute approximate surface area is 121 Å². The molecule has 3 rings (SSSR count). The SMILES string of the molecule is Cc1cccc(OCC(O)CN2CC3CCCC3C2)c1. The van der Waals surface area contributed by atoms with Crippen molar-refractivity contribution in [1.82, 2.24) is 4.90 Å². The van der Waals surface area contributed by atoms with Gasteiger partial charge in [0.25, 0.3) is 0 Å². The summed E-state index contributed by atoms with van der Waals surface area (Å²) in [6.45, 7) is 5.53. The topological polar surface area (TPSA) is 32.7 Å². The van der Waals surface area contributed by atoms with Gasteiger partial charge >= 0.3 is 0 Å². The van der Waals surface area contributed by atoms with Crippen LogP contribution in [0.1, 0.15) is 24.8 Å². The number of hydrogen-bond acceptors (Lipinski definition) is 3. The number of benzene rings is 1. The average Bonchev–Trinajstić information content (AvgIpc) is 2.97. The fraction of sp³-hybridized carbons (Fsp3) is 0.647. The van der Waals surface area contributed by atoms with Crippen LogP contribution >= 0.6 is 0 Å². The van der Waals surface area contributed by atoms with E-state index in [1.165, 1.54) is 37.9 Å². The average molecular weight is 275 g/mol. The number of β-amino-alcohol motifs (C(OH)–C–C–N with tert-alkyl or cyclic N) is 1. The van der Waals surface area contributed by atoms with Gasteiger partial charge in [-0.2, -0.15) is 0 Å². The molecule has 1 aromatic rings. The molecule has 1 N–H and O–H groups in total. The summed E-state index contributed by atoms with van der Waals surface area (Å²) in [5.74, 6) is 2.63. The molecular weight excluding hydrogens is 250 g/mol. The van der Waals surface area contributed by atoms with Crippen LogP contribution < -0.4 is 4.74 Å². The van der Waals surface area contributed by atoms with Crippen LogP contribution in [0.4, 0.5) is 0 Å². The fourth-order valence-corrected chi connectivity index (χ4v) is 3.73. The number of aliphatic hydroxyl groups excluding tert-OH is 1. The van der Waals surface area contributed by atoms with E-state index in [0.717, 1.165) is 24.1 Å². The smallest absolute Gasteiger partial charge is 0.119 e. The van der Waals surface area contributed by atoms with Gasteiger partial charge in [0.2, 0.25) is 0 Å². The van der Waals surface area contributed by atoms with Crippen LogP contribution in [0.5, 0.6) is 5.75 Å². The number of rotatable bonds is 5. The summed E-state index contributed by atoms with van der Waals surface area (Å²) in [6, 6.07) is 7.98. The summed E-state index contributed by atoms with van der Waals surface area (Å²) in [7, 11) is 0. The molecule has 1 aliphatic heterocycles. The molecule has 20 heavy (non-hydrogen) atoms. The maximum absolute atomic E-state index is 10.1. The zero-order valence-electron chi connectivity index (χ0n) is 12.3. The van der Waals surface area contributed by atoms with E-state index in [9.17, 15) is 5.11 Å². The normalized spacial score (nSPS) is 27.5. The molecule has 2 fully saturated rings. The highest BCUT2D eigenvalue weighted by Gasteiger charge is 2.36. The lowest BCUT2D eigenvalue weighted by molar-refractivity contribution is 0.0734. The van der Waals surface area contributed by atoms with Crippen molar-refractivity contribution in [3.63, 3.8) is 0 Å². The molecule has 3 unspecified atom stereocenters. The van der Waals surface area contributed by atoms with Gasteiger partial charge in [0, 0.05) is 19.6 Å². The Hall–Kier alpha value is -1.06. The molecule has 1 saturated heterocycles. The molecule has 0 radical (unpaired) electrons. The number of nitrogens with zero attached hydrogens (tertiary/aromatic N) is 1. The van der Waals surface area contributed by atoms with Crippen LogP contribution in [0.3, 0.4) is 0 Å². The standard InChI is InChI=1S/C17H25NO2/c1-13-4-2-7-17(8-13)20-12-16(19)11-18-9-14-5-3-6-15(14)10-18/h2,4,7-8,14-16,19H,3,5-6,9-12H2,1H3. The highest BCUT2D eigenvalue weighted by Crippen LogP contribution is 2.37. The van der Waals surface area contributed by atoms with Crippen LogP contribution in [-0.2, 0) is 0 Å². The molecule has 110 valence electrons. The molecule has 2 aliphatic rings. The van der Waals surface area contributed by atoms with E-state index in [1.54, 1.807) is 0 Å². The Balaban J connectivity index is 1.42. The third kappa shape index (κ3) is 3.33. The van der Waals surface area contributed by atoms with Gasteiger partial charge < -0.3 is 14.7 Å². The van der Waals surface area contributed by atoms with Gasteiger partial charge in [0.1, 0.15) is 18.5 Å². The molecule has 1 aromatic carbocycles. The van der Waals surface area contributed by atoms with Gasteiger partial charge in [0.05, 0.1) is 0 Å². The molecule has 1 aliphatic carbocycles. The lowest BCUT2D eigenvalue weighted by Crippen LogP contribution is -2.34. The van der Waals surface area contributed by atoms with E-state index < -0.39 is 6.10 Å². The van der Waals surface area contributed by atoms with Crippen molar-refractivity contribution in [2.24, 2.45) is 11.8 Å². The second-order valence-electron chi connectivity index (χ2n) is 6.45. The molecule has 3 atom stereocenters. The zero-order chi connectivity index (χ0) is 13.9. The van der Waals surface area contributed by atoms with Crippen molar-refractivity contribution < 1.29 is 9.84 Å². The number of aliphatic hydroxyl groups is 1. The monoisotopic (exact) mass is 275 g/mol. The van der Waals surface area contributed by atoms with Gasteiger partial charge in [0.15, 0.2) is 0 Å². The zero-order valence-corrected chi connectivity index (χ0v) is 12.3. The Kier molecular flexibility index (Phi) is 4.27. The van der Waals surface area contributed by atoms with E-state index in [2.05, 4.69) is 4.90 Å². The number of hydrogen-bond donors (Lipinski definition) is 1. The van der Waals surface area contributed by atoms with Crippen molar-refractivity contribution in [1.29, 1.82) is 0 Å². The molecule has 1 saturated carbocycles.